The predicted octanol–water partition coefficient (Wildman–Crippen LogP) is 4.11. The Morgan fingerprint density at radius 2 is 1.68 bits per heavy atom. The predicted molar refractivity (Wildman–Crippen MR) is 157 cm³/mol. The van der Waals surface area contributed by atoms with Crippen LogP contribution in [-0.2, 0) is 32.6 Å². The standard InChI is InChI=1S/C29H32BrN3O6S/c1-31-29(35)25(17-21-7-4-3-5-8-21)32(19-22-10-12-23(30)13-11-22)28(34)9-6-16-33(40(2,36)37)24-14-15-26-27(18-24)39-20-38-26/h3-5,7-8,10-15,18,25H,6,9,16-17,19-20H2,1-2H3,(H,31,35)/t25-/m0/s1. The molecule has 4 rings (SSSR count). The molecule has 1 N–H and O–H groups in total. The van der Waals surface area contributed by atoms with Crippen molar-refractivity contribution in [2.24, 2.45) is 0 Å². The van der Waals surface area contributed by atoms with E-state index < -0.39 is 16.1 Å². The molecule has 0 saturated heterocycles. The van der Waals surface area contributed by atoms with E-state index in [0.29, 0.717) is 23.6 Å². The number of carbonyl (C=O) groups excluding carboxylic acids is 2. The average molecular weight is 631 g/mol. The van der Waals surface area contributed by atoms with E-state index in [2.05, 4.69) is 21.2 Å². The van der Waals surface area contributed by atoms with Crippen LogP contribution in [0.3, 0.4) is 0 Å². The lowest BCUT2D eigenvalue weighted by molar-refractivity contribution is -0.141. The maximum atomic E-state index is 13.7. The third-order valence-corrected chi connectivity index (χ3v) is 8.30. The van der Waals surface area contributed by atoms with Crippen LogP contribution in [0.2, 0.25) is 0 Å². The summed E-state index contributed by atoms with van der Waals surface area (Å²) in [5.74, 6) is 0.505. The molecule has 0 aromatic heterocycles. The van der Waals surface area contributed by atoms with Gasteiger partial charge in [0, 0.05) is 43.5 Å². The first-order valence-corrected chi connectivity index (χ1v) is 15.5. The Bertz CT molecular complexity index is 1430. The van der Waals surface area contributed by atoms with Gasteiger partial charge in [0.05, 0.1) is 11.9 Å². The molecule has 1 aliphatic rings. The van der Waals surface area contributed by atoms with Crippen molar-refractivity contribution in [3.8, 4) is 11.5 Å². The SMILES string of the molecule is CNC(=O)[C@H](Cc1ccccc1)N(Cc1ccc(Br)cc1)C(=O)CCCN(c1ccc2c(c1)OCO2)S(C)(=O)=O. The highest BCUT2D eigenvalue weighted by Gasteiger charge is 2.30. The zero-order valence-corrected chi connectivity index (χ0v) is 24.8. The van der Waals surface area contributed by atoms with Gasteiger partial charge in [-0.15, -0.1) is 0 Å². The van der Waals surface area contributed by atoms with Gasteiger partial charge in [0.2, 0.25) is 28.6 Å². The number of nitrogens with one attached hydrogen (secondary N) is 1. The number of hydrogen-bond donors (Lipinski definition) is 1. The van der Waals surface area contributed by atoms with Crippen LogP contribution in [0.15, 0.2) is 77.3 Å². The Morgan fingerprint density at radius 1 is 0.975 bits per heavy atom. The zero-order chi connectivity index (χ0) is 28.7. The lowest BCUT2D eigenvalue weighted by Gasteiger charge is -2.31. The number of benzene rings is 3. The second-order valence-electron chi connectivity index (χ2n) is 9.44. The first-order valence-electron chi connectivity index (χ1n) is 12.8. The van der Waals surface area contributed by atoms with Gasteiger partial charge < -0.3 is 19.7 Å². The third-order valence-electron chi connectivity index (χ3n) is 6.58. The Hall–Kier alpha value is -3.57. The van der Waals surface area contributed by atoms with Crippen molar-refractivity contribution in [2.45, 2.75) is 31.8 Å². The summed E-state index contributed by atoms with van der Waals surface area (Å²) in [6, 6.07) is 21.3. The maximum Gasteiger partial charge on any atom is 0.242 e. The molecule has 2 amide bonds. The van der Waals surface area contributed by atoms with E-state index in [1.165, 1.54) is 4.31 Å². The van der Waals surface area contributed by atoms with Gasteiger partial charge in [0.25, 0.3) is 0 Å². The van der Waals surface area contributed by atoms with Crippen molar-refractivity contribution in [2.75, 3.05) is 30.9 Å². The topological polar surface area (TPSA) is 105 Å². The molecule has 0 bridgehead atoms. The molecule has 9 nitrogen and oxygen atoms in total. The number of nitrogens with zero attached hydrogens (tertiary/aromatic N) is 2. The van der Waals surface area contributed by atoms with Gasteiger partial charge in [-0.2, -0.15) is 0 Å². The Labute approximate surface area is 243 Å². The Balaban J connectivity index is 1.54. The minimum atomic E-state index is -3.64. The van der Waals surface area contributed by atoms with E-state index in [0.717, 1.165) is 21.9 Å². The van der Waals surface area contributed by atoms with E-state index in [4.69, 9.17) is 9.47 Å². The quantitative estimate of drug-likeness (QED) is 0.323. The summed E-state index contributed by atoms with van der Waals surface area (Å²) in [6.45, 7) is 0.393. The van der Waals surface area contributed by atoms with E-state index in [1.54, 1.807) is 30.1 Å². The van der Waals surface area contributed by atoms with E-state index in [1.807, 2.05) is 54.6 Å². The molecular formula is C29H32BrN3O6S. The van der Waals surface area contributed by atoms with Crippen LogP contribution >= 0.6 is 15.9 Å². The molecule has 3 aromatic carbocycles. The van der Waals surface area contributed by atoms with Gasteiger partial charge in [-0.25, -0.2) is 8.42 Å². The summed E-state index contributed by atoms with van der Waals surface area (Å²) in [5, 5.41) is 2.70. The fourth-order valence-corrected chi connectivity index (χ4v) is 5.77. The molecule has 0 fully saturated rings. The highest BCUT2D eigenvalue weighted by atomic mass is 79.9. The number of ether oxygens (including phenoxy) is 2. The van der Waals surface area contributed by atoms with Crippen LogP contribution in [0.4, 0.5) is 5.69 Å². The molecule has 0 spiro atoms. The Kier molecular flexibility index (Phi) is 9.70. The number of halogens is 1. The summed E-state index contributed by atoms with van der Waals surface area (Å²) >= 11 is 3.43. The van der Waals surface area contributed by atoms with Crippen LogP contribution < -0.4 is 19.1 Å². The van der Waals surface area contributed by atoms with Crippen LogP contribution in [0.25, 0.3) is 0 Å². The van der Waals surface area contributed by atoms with Gasteiger partial charge in [-0.3, -0.25) is 13.9 Å². The van der Waals surface area contributed by atoms with Gasteiger partial charge in [-0.1, -0.05) is 58.4 Å². The molecule has 212 valence electrons. The fourth-order valence-electron chi connectivity index (χ4n) is 4.55. The monoisotopic (exact) mass is 629 g/mol. The molecule has 0 saturated carbocycles. The van der Waals surface area contributed by atoms with Crippen molar-refractivity contribution in [1.29, 1.82) is 0 Å². The summed E-state index contributed by atoms with van der Waals surface area (Å²) < 4.78 is 38.2. The molecule has 1 aliphatic heterocycles. The number of rotatable bonds is 12. The van der Waals surface area contributed by atoms with Gasteiger partial charge in [-0.05, 0) is 41.8 Å². The largest absolute Gasteiger partial charge is 0.454 e. The Morgan fingerprint density at radius 3 is 2.35 bits per heavy atom. The minimum Gasteiger partial charge on any atom is -0.454 e. The number of fused-ring (bicyclic) bond motifs is 1. The number of carbonyl (C=O) groups is 2. The van der Waals surface area contributed by atoms with Crippen molar-refractivity contribution in [1.82, 2.24) is 10.2 Å². The molecule has 11 heteroatoms. The highest BCUT2D eigenvalue weighted by Crippen LogP contribution is 2.36. The third kappa shape index (κ3) is 7.54. The van der Waals surface area contributed by atoms with E-state index >= 15 is 0 Å². The van der Waals surface area contributed by atoms with Crippen molar-refractivity contribution in [3.05, 3.63) is 88.4 Å². The first kappa shape index (κ1) is 29.4. The number of amides is 2. The lowest BCUT2D eigenvalue weighted by atomic mass is 10.0. The zero-order valence-electron chi connectivity index (χ0n) is 22.4. The first-order chi connectivity index (χ1) is 19.2. The van der Waals surface area contributed by atoms with E-state index in [-0.39, 0.29) is 44.5 Å². The number of sulfonamides is 1. The molecular weight excluding hydrogens is 598 g/mol. The number of hydrogen-bond acceptors (Lipinski definition) is 6. The molecule has 1 heterocycles. The van der Waals surface area contributed by atoms with Crippen LogP contribution in [0.1, 0.15) is 24.0 Å². The summed E-state index contributed by atoms with van der Waals surface area (Å²) in [6.07, 6.45) is 1.77. The van der Waals surface area contributed by atoms with Crippen molar-refractivity contribution in [3.63, 3.8) is 0 Å². The fraction of sp³-hybridized carbons (Fsp3) is 0.310. The second kappa shape index (κ2) is 13.2. The molecule has 0 aliphatic carbocycles. The van der Waals surface area contributed by atoms with Crippen molar-refractivity contribution >= 4 is 43.5 Å². The summed E-state index contributed by atoms with van der Waals surface area (Å²) in [5.41, 5.74) is 2.23. The van der Waals surface area contributed by atoms with Crippen LogP contribution in [-0.4, -0.2) is 57.8 Å². The molecule has 0 radical (unpaired) electrons. The highest BCUT2D eigenvalue weighted by molar-refractivity contribution is 9.10. The molecule has 40 heavy (non-hydrogen) atoms. The van der Waals surface area contributed by atoms with Gasteiger partial charge >= 0.3 is 0 Å². The summed E-state index contributed by atoms with van der Waals surface area (Å²) in [7, 11) is -2.08. The van der Waals surface area contributed by atoms with Gasteiger partial charge in [0.1, 0.15) is 6.04 Å². The number of anilines is 1. The van der Waals surface area contributed by atoms with Crippen LogP contribution in [0.5, 0.6) is 11.5 Å². The minimum absolute atomic E-state index is 0.0510. The normalized spacial score (nSPS) is 13.0. The van der Waals surface area contributed by atoms with Crippen molar-refractivity contribution < 1.29 is 27.5 Å². The lowest BCUT2D eigenvalue weighted by Crippen LogP contribution is -2.49. The second-order valence-corrected chi connectivity index (χ2v) is 12.3. The molecule has 0 unspecified atom stereocenters. The van der Waals surface area contributed by atoms with Crippen LogP contribution in [0, 0.1) is 0 Å². The average Bonchev–Trinajstić information content (AvgIpc) is 3.41. The molecule has 3 aromatic rings. The summed E-state index contributed by atoms with van der Waals surface area (Å²) in [4.78, 5) is 28.4. The number of likely N-dealkylation sites (N-methyl/N-ethyl adjacent to an activating group) is 1. The molecule has 1 atom stereocenters. The smallest absolute Gasteiger partial charge is 0.242 e. The maximum absolute atomic E-state index is 13.7. The van der Waals surface area contributed by atoms with E-state index in [9.17, 15) is 18.0 Å². The van der Waals surface area contributed by atoms with Gasteiger partial charge in [0.15, 0.2) is 11.5 Å².